The van der Waals surface area contributed by atoms with Gasteiger partial charge >= 0.3 is 5.69 Å². The van der Waals surface area contributed by atoms with Crippen LogP contribution in [0, 0.1) is 0 Å². The molecule has 0 fully saturated rings. The molecule has 2 aromatic rings. The Hall–Kier alpha value is -2.63. The van der Waals surface area contributed by atoms with Gasteiger partial charge in [-0.05, 0) is 41.8 Å². The van der Waals surface area contributed by atoms with Crippen LogP contribution in [-0.4, -0.2) is 14.5 Å². The average molecular weight is 358 g/mol. The fraction of sp³-hybridized carbons (Fsp3) is 0. The highest BCUT2D eigenvalue weighted by Gasteiger charge is 2.18. The number of rotatable bonds is 1. The van der Waals surface area contributed by atoms with E-state index < -0.39 is 11.2 Å². The molecule has 0 atom stereocenters. The van der Waals surface area contributed by atoms with Gasteiger partial charge in [-0.15, -0.1) is 0 Å². The Kier molecular flexibility index (Phi) is 3.40. The Morgan fingerprint density at radius 3 is 2.54 bits per heavy atom. The highest BCUT2D eigenvalue weighted by molar-refractivity contribution is 6.31. The Labute approximate surface area is 145 Å². The van der Waals surface area contributed by atoms with Crippen molar-refractivity contribution in [3.63, 3.8) is 0 Å². The molecule has 4 rings (SSSR count). The highest BCUT2D eigenvalue weighted by atomic mass is 35.5. The van der Waals surface area contributed by atoms with Gasteiger partial charge in [-0.1, -0.05) is 35.3 Å². The van der Waals surface area contributed by atoms with Crippen LogP contribution < -0.4 is 11.2 Å². The minimum atomic E-state index is -0.704. The summed E-state index contributed by atoms with van der Waals surface area (Å²) in [5, 5.41) is 1.85. The molecule has 2 aliphatic heterocycles. The van der Waals surface area contributed by atoms with Gasteiger partial charge < -0.3 is 0 Å². The van der Waals surface area contributed by atoms with Gasteiger partial charge in [0.2, 0.25) is 0 Å². The third kappa shape index (κ3) is 2.38. The van der Waals surface area contributed by atoms with Crippen LogP contribution in [0.5, 0.6) is 0 Å². The third-order valence-electron chi connectivity index (χ3n) is 3.72. The van der Waals surface area contributed by atoms with Gasteiger partial charge in [-0.25, -0.2) is 4.79 Å². The van der Waals surface area contributed by atoms with E-state index in [1.165, 1.54) is 0 Å². The van der Waals surface area contributed by atoms with Crippen LogP contribution in [0.15, 0.2) is 58.1 Å². The second-order valence-corrected chi connectivity index (χ2v) is 6.14. The zero-order chi connectivity index (χ0) is 16.8. The summed E-state index contributed by atoms with van der Waals surface area (Å²) in [5.74, 6) is 0.251. The maximum atomic E-state index is 12.2. The van der Waals surface area contributed by atoms with Crippen molar-refractivity contribution in [2.45, 2.75) is 0 Å². The Balaban J connectivity index is 2.27. The molecule has 118 valence electrons. The van der Waals surface area contributed by atoms with Crippen LogP contribution in [-0.2, 0) is 0 Å². The van der Waals surface area contributed by atoms with E-state index in [1.54, 1.807) is 41.0 Å². The zero-order valence-electron chi connectivity index (χ0n) is 12.1. The van der Waals surface area contributed by atoms with E-state index >= 15 is 0 Å². The number of nitrogens with zero attached hydrogens (tertiary/aromatic N) is 2. The topological polar surface area (TPSA) is 67.8 Å². The highest BCUT2D eigenvalue weighted by Crippen LogP contribution is 2.30. The largest absolute Gasteiger partial charge is 0.349 e. The summed E-state index contributed by atoms with van der Waals surface area (Å²) >= 11 is 12.2. The van der Waals surface area contributed by atoms with E-state index in [1.807, 2.05) is 12.1 Å². The van der Waals surface area contributed by atoms with Gasteiger partial charge in [0, 0.05) is 15.7 Å². The van der Waals surface area contributed by atoms with Crippen molar-refractivity contribution in [2.75, 3.05) is 0 Å². The van der Waals surface area contributed by atoms with Crippen molar-refractivity contribution in [1.29, 1.82) is 0 Å². The predicted octanol–water partition coefficient (Wildman–Crippen LogP) is 3.49. The number of pyridine rings is 1. The summed E-state index contributed by atoms with van der Waals surface area (Å²) < 4.78 is 1.71. The molecule has 2 heterocycles. The smallest absolute Gasteiger partial charge is 0.294 e. The summed E-state index contributed by atoms with van der Waals surface area (Å²) in [7, 11) is 0. The van der Waals surface area contributed by atoms with Crippen molar-refractivity contribution in [1.82, 2.24) is 14.5 Å². The van der Waals surface area contributed by atoms with Gasteiger partial charge in [-0.3, -0.25) is 14.3 Å². The third-order valence-corrected chi connectivity index (χ3v) is 4.20. The number of nitrogens with one attached hydrogen (secondary N) is 1. The molecule has 2 aromatic carbocycles. The molecule has 24 heavy (non-hydrogen) atoms. The Morgan fingerprint density at radius 1 is 0.958 bits per heavy atom. The van der Waals surface area contributed by atoms with E-state index in [-0.39, 0.29) is 5.82 Å². The second kappa shape index (κ2) is 5.47. The van der Waals surface area contributed by atoms with Crippen LogP contribution in [0.2, 0.25) is 10.0 Å². The van der Waals surface area contributed by atoms with Gasteiger partial charge in [0.25, 0.3) is 5.56 Å². The van der Waals surface area contributed by atoms with E-state index in [0.29, 0.717) is 21.3 Å². The Morgan fingerprint density at radius 2 is 1.75 bits per heavy atom. The number of aromatic amines is 1. The van der Waals surface area contributed by atoms with Gasteiger partial charge in [0.1, 0.15) is 0 Å². The first kappa shape index (κ1) is 14.9. The van der Waals surface area contributed by atoms with Crippen LogP contribution in [0.1, 0.15) is 0 Å². The van der Waals surface area contributed by atoms with Crippen molar-refractivity contribution in [3.05, 3.63) is 79.4 Å². The molecule has 0 saturated carbocycles. The fourth-order valence-electron chi connectivity index (χ4n) is 2.73. The van der Waals surface area contributed by atoms with Crippen molar-refractivity contribution in [2.24, 2.45) is 0 Å². The Bertz CT molecular complexity index is 1180. The lowest BCUT2D eigenvalue weighted by atomic mass is 10.1. The van der Waals surface area contributed by atoms with E-state index in [9.17, 15) is 9.59 Å². The molecule has 0 unspecified atom stereocenters. The number of benzene rings is 2. The minimum Gasteiger partial charge on any atom is -0.294 e. The summed E-state index contributed by atoms with van der Waals surface area (Å²) in [6.45, 7) is 0. The molecular formula is C17H9Cl2N3O2. The lowest BCUT2D eigenvalue weighted by molar-refractivity contribution is 0.960. The maximum Gasteiger partial charge on any atom is 0.349 e. The van der Waals surface area contributed by atoms with E-state index in [0.717, 1.165) is 10.9 Å². The molecule has 0 aromatic heterocycles. The SMILES string of the molecule is O=c1nc2n(-c3cccc(Cl)c3)c3cc(Cl)ccc3cc-2c(=O)[nH]1. The van der Waals surface area contributed by atoms with Crippen molar-refractivity contribution >= 4 is 34.1 Å². The first-order valence-corrected chi connectivity index (χ1v) is 7.80. The first-order chi connectivity index (χ1) is 11.5. The minimum absolute atomic E-state index is 0.251. The lowest BCUT2D eigenvalue weighted by Crippen LogP contribution is -2.27. The molecule has 1 N–H and O–H groups in total. The number of hydrogen-bond acceptors (Lipinski definition) is 3. The predicted molar refractivity (Wildman–Crippen MR) is 94.6 cm³/mol. The lowest BCUT2D eigenvalue weighted by Gasteiger charge is -2.17. The van der Waals surface area contributed by atoms with Crippen LogP contribution in [0.3, 0.4) is 0 Å². The number of H-pyrrole nitrogens is 1. The number of aromatic nitrogens is 3. The molecule has 0 bridgehead atoms. The van der Waals surface area contributed by atoms with Crippen molar-refractivity contribution < 1.29 is 0 Å². The average Bonchev–Trinajstić information content (AvgIpc) is 2.53. The number of hydrogen-bond donors (Lipinski definition) is 1. The normalized spacial score (nSPS) is 11.2. The van der Waals surface area contributed by atoms with Gasteiger partial charge in [0.05, 0.1) is 11.1 Å². The van der Waals surface area contributed by atoms with Crippen LogP contribution in [0.25, 0.3) is 28.0 Å². The number of fused-ring (bicyclic) bond motifs is 2. The first-order valence-electron chi connectivity index (χ1n) is 7.04. The molecule has 0 saturated heterocycles. The molecule has 0 spiro atoms. The summed E-state index contributed by atoms with van der Waals surface area (Å²) in [6.07, 6.45) is 0. The maximum absolute atomic E-state index is 12.2. The summed E-state index contributed by atoms with van der Waals surface area (Å²) in [6, 6.07) is 14.1. The monoisotopic (exact) mass is 357 g/mol. The number of halogens is 2. The molecule has 0 amide bonds. The molecule has 5 nitrogen and oxygen atoms in total. The van der Waals surface area contributed by atoms with E-state index in [4.69, 9.17) is 23.2 Å². The molecule has 2 aliphatic rings. The molecule has 7 heteroatoms. The zero-order valence-corrected chi connectivity index (χ0v) is 13.6. The summed E-state index contributed by atoms with van der Waals surface area (Å²) in [5.41, 5.74) is 0.513. The second-order valence-electron chi connectivity index (χ2n) is 5.27. The summed E-state index contributed by atoms with van der Waals surface area (Å²) in [4.78, 5) is 30.1. The molecule has 0 aliphatic carbocycles. The van der Waals surface area contributed by atoms with Crippen LogP contribution >= 0.6 is 23.2 Å². The molecular weight excluding hydrogens is 349 g/mol. The van der Waals surface area contributed by atoms with Gasteiger partial charge in [0.15, 0.2) is 5.82 Å². The standard InChI is InChI=1S/C17H9Cl2N3O2/c18-10-2-1-3-12(7-10)22-14-8-11(19)5-4-9(14)6-13-15(22)20-17(24)21-16(13)23/h1-8H,(H,21,23,24). The molecule has 0 radical (unpaired) electrons. The fourth-order valence-corrected chi connectivity index (χ4v) is 3.08. The quantitative estimate of drug-likeness (QED) is 0.530. The van der Waals surface area contributed by atoms with Crippen molar-refractivity contribution in [3.8, 4) is 17.1 Å². The van der Waals surface area contributed by atoms with E-state index in [2.05, 4.69) is 9.97 Å². The van der Waals surface area contributed by atoms with Gasteiger partial charge in [-0.2, -0.15) is 4.98 Å². The van der Waals surface area contributed by atoms with Crippen LogP contribution in [0.4, 0.5) is 0 Å².